The maximum Gasteiger partial charge on any atom is 0.272 e. The number of carbonyl (C=O) groups is 1. The molecule has 1 aromatic carbocycles. The van der Waals surface area contributed by atoms with Crippen molar-refractivity contribution in [2.75, 3.05) is 23.4 Å². The Morgan fingerprint density at radius 2 is 1.96 bits per heavy atom. The average Bonchev–Trinajstić information content (AvgIpc) is 3.02. The minimum Gasteiger partial charge on any atom is -0.380 e. The van der Waals surface area contributed by atoms with Gasteiger partial charge < -0.3 is 10.2 Å². The van der Waals surface area contributed by atoms with Gasteiger partial charge in [0.1, 0.15) is 5.69 Å². The maximum absolute atomic E-state index is 12.7. The number of aromatic nitrogens is 1. The molecule has 7 heteroatoms. The summed E-state index contributed by atoms with van der Waals surface area (Å²) >= 11 is 0. The van der Waals surface area contributed by atoms with E-state index in [2.05, 4.69) is 41.5 Å². The Morgan fingerprint density at radius 3 is 2.52 bits per heavy atom. The van der Waals surface area contributed by atoms with E-state index in [9.17, 15) is 13.2 Å². The number of nitrogens with one attached hydrogen (secondary N) is 1. The van der Waals surface area contributed by atoms with Crippen molar-refractivity contribution in [2.45, 2.75) is 32.9 Å². The van der Waals surface area contributed by atoms with Crippen molar-refractivity contribution in [1.29, 1.82) is 0 Å². The van der Waals surface area contributed by atoms with Gasteiger partial charge >= 0.3 is 0 Å². The van der Waals surface area contributed by atoms with E-state index in [-0.39, 0.29) is 23.5 Å². The van der Waals surface area contributed by atoms with E-state index in [1.807, 2.05) is 13.0 Å². The van der Waals surface area contributed by atoms with Gasteiger partial charge in [-0.3, -0.25) is 4.79 Å². The third-order valence-electron chi connectivity index (χ3n) is 4.85. The molecule has 1 saturated heterocycles. The van der Waals surface area contributed by atoms with E-state index in [4.69, 9.17) is 0 Å². The lowest BCUT2D eigenvalue weighted by molar-refractivity contribution is 0.0702. The lowest BCUT2D eigenvalue weighted by Crippen LogP contribution is -2.41. The van der Waals surface area contributed by atoms with Crippen LogP contribution >= 0.6 is 0 Å². The number of amides is 1. The molecule has 1 aliphatic rings. The molecular formula is C20H25N3O3S. The van der Waals surface area contributed by atoms with E-state index < -0.39 is 9.84 Å². The highest BCUT2D eigenvalue weighted by Crippen LogP contribution is 2.20. The van der Waals surface area contributed by atoms with Crippen LogP contribution in [0.4, 0.5) is 5.69 Å². The summed E-state index contributed by atoms with van der Waals surface area (Å²) in [4.78, 5) is 18.6. The number of sulfone groups is 1. The summed E-state index contributed by atoms with van der Waals surface area (Å²) in [7, 11) is -3.03. The molecule has 1 atom stereocenters. The van der Waals surface area contributed by atoms with Crippen molar-refractivity contribution in [2.24, 2.45) is 0 Å². The van der Waals surface area contributed by atoms with Gasteiger partial charge in [-0.2, -0.15) is 0 Å². The van der Waals surface area contributed by atoms with Crippen LogP contribution in [0.2, 0.25) is 0 Å². The third kappa shape index (κ3) is 4.86. The summed E-state index contributed by atoms with van der Waals surface area (Å²) in [5, 5.41) is 3.29. The predicted molar refractivity (Wildman–Crippen MR) is 107 cm³/mol. The quantitative estimate of drug-likeness (QED) is 0.824. The fourth-order valence-electron chi connectivity index (χ4n) is 3.27. The van der Waals surface area contributed by atoms with Crippen molar-refractivity contribution in [1.82, 2.24) is 9.88 Å². The Kier molecular flexibility index (Phi) is 5.79. The molecule has 0 aliphatic carbocycles. The highest BCUT2D eigenvalue weighted by molar-refractivity contribution is 7.91. The van der Waals surface area contributed by atoms with Crippen LogP contribution in [0.15, 0.2) is 42.6 Å². The first-order chi connectivity index (χ1) is 12.9. The van der Waals surface area contributed by atoms with E-state index in [0.717, 1.165) is 5.69 Å². The molecule has 1 aromatic heterocycles. The molecule has 0 saturated carbocycles. The van der Waals surface area contributed by atoms with Crippen LogP contribution in [0, 0.1) is 6.92 Å². The van der Waals surface area contributed by atoms with Crippen molar-refractivity contribution >= 4 is 21.4 Å². The van der Waals surface area contributed by atoms with Gasteiger partial charge in [0.05, 0.1) is 23.4 Å². The standard InChI is InChI=1S/C20H25N3O3S/c1-3-23(18-10-11-27(25,26)14-18)20(24)19-9-8-17(13-22-19)21-12-16-6-4-15(2)5-7-16/h4-9,13,18,21H,3,10-12,14H2,1-2H3. The van der Waals surface area contributed by atoms with Gasteiger partial charge in [-0.1, -0.05) is 29.8 Å². The molecule has 0 spiro atoms. The second-order valence-electron chi connectivity index (χ2n) is 6.92. The zero-order valence-corrected chi connectivity index (χ0v) is 16.5. The first-order valence-corrected chi connectivity index (χ1v) is 11.0. The molecule has 6 nitrogen and oxygen atoms in total. The summed E-state index contributed by atoms with van der Waals surface area (Å²) in [6, 6.07) is 11.5. The molecule has 1 N–H and O–H groups in total. The monoisotopic (exact) mass is 387 g/mol. The Labute approximate surface area is 160 Å². The number of rotatable bonds is 6. The minimum absolute atomic E-state index is 0.0444. The van der Waals surface area contributed by atoms with Gasteiger partial charge in [0.2, 0.25) is 0 Å². The van der Waals surface area contributed by atoms with Gasteiger partial charge in [0.25, 0.3) is 5.91 Å². The van der Waals surface area contributed by atoms with E-state index in [1.165, 1.54) is 11.1 Å². The van der Waals surface area contributed by atoms with E-state index >= 15 is 0 Å². The van der Waals surface area contributed by atoms with Crippen LogP contribution in [0.25, 0.3) is 0 Å². The zero-order chi connectivity index (χ0) is 19.4. The summed E-state index contributed by atoms with van der Waals surface area (Å²) in [5.41, 5.74) is 3.56. The van der Waals surface area contributed by atoms with E-state index in [1.54, 1.807) is 17.2 Å². The summed E-state index contributed by atoms with van der Waals surface area (Å²) in [6.45, 7) is 5.06. The number of pyridine rings is 1. The molecule has 1 unspecified atom stereocenters. The number of carbonyl (C=O) groups excluding carboxylic acids is 1. The third-order valence-corrected chi connectivity index (χ3v) is 6.60. The second-order valence-corrected chi connectivity index (χ2v) is 9.15. The van der Waals surface area contributed by atoms with Crippen LogP contribution in [0.3, 0.4) is 0 Å². The maximum atomic E-state index is 12.7. The van der Waals surface area contributed by atoms with Crippen molar-refractivity contribution in [3.05, 3.63) is 59.4 Å². The van der Waals surface area contributed by atoms with Crippen LogP contribution in [-0.4, -0.2) is 48.3 Å². The lowest BCUT2D eigenvalue weighted by Gasteiger charge is -2.26. The smallest absolute Gasteiger partial charge is 0.272 e. The highest BCUT2D eigenvalue weighted by Gasteiger charge is 2.34. The first-order valence-electron chi connectivity index (χ1n) is 9.15. The van der Waals surface area contributed by atoms with Crippen LogP contribution in [0.5, 0.6) is 0 Å². The summed E-state index contributed by atoms with van der Waals surface area (Å²) in [6.07, 6.45) is 2.14. The zero-order valence-electron chi connectivity index (χ0n) is 15.7. The molecule has 0 radical (unpaired) electrons. The van der Waals surface area contributed by atoms with Crippen molar-refractivity contribution in [3.63, 3.8) is 0 Å². The van der Waals surface area contributed by atoms with Gasteiger partial charge in [0.15, 0.2) is 9.84 Å². The summed E-state index contributed by atoms with van der Waals surface area (Å²) < 4.78 is 23.4. The highest BCUT2D eigenvalue weighted by atomic mass is 32.2. The van der Waals surface area contributed by atoms with Crippen molar-refractivity contribution in [3.8, 4) is 0 Å². The fourth-order valence-corrected chi connectivity index (χ4v) is 5.00. The minimum atomic E-state index is -3.03. The topological polar surface area (TPSA) is 79.4 Å². The van der Waals surface area contributed by atoms with Crippen LogP contribution < -0.4 is 5.32 Å². The van der Waals surface area contributed by atoms with Gasteiger partial charge in [0, 0.05) is 19.1 Å². The van der Waals surface area contributed by atoms with Crippen LogP contribution in [0.1, 0.15) is 35.0 Å². The lowest BCUT2D eigenvalue weighted by atomic mass is 10.1. The molecule has 2 heterocycles. The predicted octanol–water partition coefficient (Wildman–Crippen LogP) is 2.65. The Balaban J connectivity index is 1.63. The molecule has 1 amide bonds. The Bertz CT molecular complexity index is 893. The normalized spacial score (nSPS) is 18.2. The van der Waals surface area contributed by atoms with E-state index in [0.29, 0.717) is 25.2 Å². The Hall–Kier alpha value is -2.41. The molecule has 2 aromatic rings. The number of aryl methyl sites for hydroxylation is 1. The molecule has 1 fully saturated rings. The second kappa shape index (κ2) is 8.08. The molecular weight excluding hydrogens is 362 g/mol. The Morgan fingerprint density at radius 1 is 1.22 bits per heavy atom. The number of anilines is 1. The molecule has 0 bridgehead atoms. The fraction of sp³-hybridized carbons (Fsp3) is 0.400. The number of hydrogen-bond donors (Lipinski definition) is 1. The molecule has 144 valence electrons. The summed E-state index contributed by atoms with van der Waals surface area (Å²) in [5.74, 6) is -0.0239. The van der Waals surface area contributed by atoms with Crippen LogP contribution in [-0.2, 0) is 16.4 Å². The van der Waals surface area contributed by atoms with Gasteiger partial charge in [-0.15, -0.1) is 0 Å². The first kappa shape index (κ1) is 19.4. The molecule has 1 aliphatic heterocycles. The average molecular weight is 388 g/mol. The number of hydrogen-bond acceptors (Lipinski definition) is 5. The van der Waals surface area contributed by atoms with Gasteiger partial charge in [-0.05, 0) is 38.0 Å². The largest absolute Gasteiger partial charge is 0.380 e. The van der Waals surface area contributed by atoms with Gasteiger partial charge in [-0.25, -0.2) is 13.4 Å². The number of nitrogens with zero attached hydrogens (tertiary/aromatic N) is 2. The SMILES string of the molecule is CCN(C(=O)c1ccc(NCc2ccc(C)cc2)cn1)C1CCS(=O)(=O)C1. The molecule has 27 heavy (non-hydrogen) atoms. The number of benzene rings is 1. The molecule has 3 rings (SSSR count). The van der Waals surface area contributed by atoms with Crippen molar-refractivity contribution < 1.29 is 13.2 Å².